The molecule has 0 bridgehead atoms. The first kappa shape index (κ1) is 12.2. The fourth-order valence-corrected chi connectivity index (χ4v) is 3.22. The van der Waals surface area contributed by atoms with Crippen LogP contribution in [0.15, 0.2) is 12.1 Å². The summed E-state index contributed by atoms with van der Waals surface area (Å²) in [6.07, 6.45) is 1.05. The van der Waals surface area contributed by atoms with E-state index in [1.54, 1.807) is 12.1 Å². The lowest BCUT2D eigenvalue weighted by Gasteiger charge is -2.08. The van der Waals surface area contributed by atoms with Gasteiger partial charge in [-0.1, -0.05) is 0 Å². The number of aryl methyl sites for hydroxylation is 1. The Bertz CT molecular complexity index is 458. The molecule has 1 unspecified atom stereocenters. The minimum absolute atomic E-state index is 0.345. The molecule has 1 aromatic heterocycles. The van der Waals surface area contributed by atoms with Crippen molar-refractivity contribution in [2.45, 2.75) is 12.8 Å². The summed E-state index contributed by atoms with van der Waals surface area (Å²) in [6, 6.07) is 3.46. The highest BCUT2D eigenvalue weighted by atomic mass is 32.2. The topological polar surface area (TPSA) is 71.4 Å². The maximum atomic E-state index is 11.1. The third-order valence-corrected chi connectivity index (χ3v) is 3.93. The molecule has 1 heterocycles. The Balaban J connectivity index is 2.99. The van der Waals surface area contributed by atoms with Gasteiger partial charge >= 0.3 is 5.97 Å². The minimum Gasteiger partial charge on any atom is -0.481 e. The zero-order valence-corrected chi connectivity index (χ0v) is 10.1. The van der Waals surface area contributed by atoms with Gasteiger partial charge in [-0.3, -0.25) is 4.79 Å². The van der Waals surface area contributed by atoms with Crippen molar-refractivity contribution >= 4 is 27.1 Å². The first-order chi connectivity index (χ1) is 6.79. The second kappa shape index (κ2) is 4.32. The van der Waals surface area contributed by atoms with Crippen LogP contribution in [-0.2, 0) is 14.6 Å². The van der Waals surface area contributed by atoms with Gasteiger partial charge < -0.3 is 5.11 Å². The molecule has 0 spiro atoms. The molecule has 0 saturated carbocycles. The Hall–Kier alpha value is -0.880. The summed E-state index contributed by atoms with van der Waals surface area (Å²) in [4.78, 5) is 12.5. The maximum absolute atomic E-state index is 11.1. The van der Waals surface area contributed by atoms with Crippen LogP contribution in [0.4, 0.5) is 0 Å². The molecule has 6 heteroatoms. The number of aliphatic carboxylic acids is 1. The highest BCUT2D eigenvalue weighted by Gasteiger charge is 2.25. The number of thiophene rings is 1. The second-order valence-corrected chi connectivity index (χ2v) is 6.94. The van der Waals surface area contributed by atoms with Gasteiger partial charge in [-0.15, -0.1) is 11.3 Å². The third kappa shape index (κ3) is 3.64. The predicted molar refractivity (Wildman–Crippen MR) is 59.1 cm³/mol. The van der Waals surface area contributed by atoms with E-state index in [1.807, 2.05) is 6.92 Å². The predicted octanol–water partition coefficient (Wildman–Crippen LogP) is 1.27. The molecular formula is C9H12O4S2. The molecule has 1 atom stereocenters. The van der Waals surface area contributed by atoms with Crippen LogP contribution in [0.3, 0.4) is 0 Å². The molecule has 15 heavy (non-hydrogen) atoms. The van der Waals surface area contributed by atoms with Crippen molar-refractivity contribution in [2.75, 3.05) is 12.0 Å². The van der Waals surface area contributed by atoms with Crippen molar-refractivity contribution in [1.29, 1.82) is 0 Å². The van der Waals surface area contributed by atoms with E-state index in [0.29, 0.717) is 4.88 Å². The number of carboxylic acids is 1. The lowest BCUT2D eigenvalue weighted by atomic mass is 10.1. The van der Waals surface area contributed by atoms with E-state index in [9.17, 15) is 13.2 Å². The largest absolute Gasteiger partial charge is 0.481 e. The molecule has 0 fully saturated rings. The summed E-state index contributed by atoms with van der Waals surface area (Å²) in [5.41, 5.74) is 0. The average Bonchev–Trinajstić information content (AvgIpc) is 2.45. The van der Waals surface area contributed by atoms with Gasteiger partial charge in [0, 0.05) is 16.0 Å². The lowest BCUT2D eigenvalue weighted by Crippen LogP contribution is -2.20. The maximum Gasteiger partial charge on any atom is 0.312 e. The highest BCUT2D eigenvalue weighted by Crippen LogP contribution is 2.25. The molecular weight excluding hydrogens is 236 g/mol. The molecule has 0 aliphatic carbocycles. The zero-order chi connectivity index (χ0) is 11.6. The Morgan fingerprint density at radius 3 is 2.47 bits per heavy atom. The van der Waals surface area contributed by atoms with Crippen LogP contribution in [0.2, 0.25) is 0 Å². The molecule has 0 saturated heterocycles. The van der Waals surface area contributed by atoms with Crippen molar-refractivity contribution in [1.82, 2.24) is 0 Å². The lowest BCUT2D eigenvalue weighted by molar-refractivity contribution is -0.138. The standard InChI is InChI=1S/C9H12O4S2/c1-6-3-4-8(14-6)7(9(10)11)5-15(2,12)13/h3-4,7H,5H2,1-2H3,(H,10,11). The van der Waals surface area contributed by atoms with Crippen molar-refractivity contribution in [2.24, 2.45) is 0 Å². The van der Waals surface area contributed by atoms with E-state index in [2.05, 4.69) is 0 Å². The number of hydrogen-bond donors (Lipinski definition) is 1. The van der Waals surface area contributed by atoms with Gasteiger partial charge in [0.25, 0.3) is 0 Å². The van der Waals surface area contributed by atoms with E-state index in [-0.39, 0.29) is 5.75 Å². The van der Waals surface area contributed by atoms with Gasteiger partial charge in [-0.25, -0.2) is 8.42 Å². The quantitative estimate of drug-likeness (QED) is 0.871. The first-order valence-corrected chi connectivity index (χ1v) is 7.14. The third-order valence-electron chi connectivity index (χ3n) is 1.87. The molecule has 84 valence electrons. The molecule has 1 rings (SSSR count). The van der Waals surface area contributed by atoms with Gasteiger partial charge in [0.2, 0.25) is 0 Å². The normalized spacial score (nSPS) is 13.7. The Kier molecular flexibility index (Phi) is 3.51. The fraction of sp³-hybridized carbons (Fsp3) is 0.444. The van der Waals surface area contributed by atoms with Crippen molar-refractivity contribution < 1.29 is 18.3 Å². The number of hydrogen-bond acceptors (Lipinski definition) is 4. The summed E-state index contributed by atoms with van der Waals surface area (Å²) in [7, 11) is -3.28. The van der Waals surface area contributed by atoms with E-state index in [1.165, 1.54) is 11.3 Å². The number of rotatable bonds is 4. The van der Waals surface area contributed by atoms with E-state index >= 15 is 0 Å². The molecule has 0 amide bonds. The zero-order valence-electron chi connectivity index (χ0n) is 8.43. The fourth-order valence-electron chi connectivity index (χ4n) is 1.22. The summed E-state index contributed by atoms with van der Waals surface area (Å²) < 4.78 is 22.1. The van der Waals surface area contributed by atoms with Crippen LogP contribution in [0, 0.1) is 6.92 Å². The molecule has 0 radical (unpaired) electrons. The van der Waals surface area contributed by atoms with Crippen molar-refractivity contribution in [3.8, 4) is 0 Å². The van der Waals surface area contributed by atoms with Gasteiger partial charge in [-0.2, -0.15) is 0 Å². The van der Waals surface area contributed by atoms with Crippen LogP contribution in [0.5, 0.6) is 0 Å². The summed E-state index contributed by atoms with van der Waals surface area (Å²) in [5.74, 6) is -2.39. The smallest absolute Gasteiger partial charge is 0.312 e. The van der Waals surface area contributed by atoms with E-state index in [0.717, 1.165) is 11.1 Å². The molecule has 0 aliphatic heterocycles. The first-order valence-electron chi connectivity index (χ1n) is 4.26. The Morgan fingerprint density at radius 2 is 2.13 bits per heavy atom. The Labute approximate surface area is 92.5 Å². The molecule has 1 N–H and O–H groups in total. The van der Waals surface area contributed by atoms with Crippen molar-refractivity contribution in [3.05, 3.63) is 21.9 Å². The SMILES string of the molecule is Cc1ccc(C(CS(C)(=O)=O)C(=O)O)s1. The van der Waals surface area contributed by atoms with Crippen LogP contribution in [0.25, 0.3) is 0 Å². The van der Waals surface area contributed by atoms with Gasteiger partial charge in [0.1, 0.15) is 15.8 Å². The van der Waals surface area contributed by atoms with Gasteiger partial charge in [-0.05, 0) is 19.1 Å². The van der Waals surface area contributed by atoms with Crippen LogP contribution < -0.4 is 0 Å². The van der Waals surface area contributed by atoms with Gasteiger partial charge in [0.15, 0.2) is 0 Å². The Morgan fingerprint density at radius 1 is 1.53 bits per heavy atom. The summed E-state index contributed by atoms with van der Waals surface area (Å²) >= 11 is 1.32. The number of sulfone groups is 1. The van der Waals surface area contributed by atoms with Crippen molar-refractivity contribution in [3.63, 3.8) is 0 Å². The minimum atomic E-state index is -3.28. The molecule has 1 aromatic rings. The monoisotopic (exact) mass is 248 g/mol. The van der Waals surface area contributed by atoms with Gasteiger partial charge in [0.05, 0.1) is 5.75 Å². The highest BCUT2D eigenvalue weighted by molar-refractivity contribution is 7.90. The average molecular weight is 248 g/mol. The van der Waals surface area contributed by atoms with E-state index < -0.39 is 21.7 Å². The number of carbonyl (C=O) groups is 1. The van der Waals surface area contributed by atoms with Crippen LogP contribution >= 0.6 is 11.3 Å². The molecule has 4 nitrogen and oxygen atoms in total. The van der Waals surface area contributed by atoms with Crippen LogP contribution in [-0.4, -0.2) is 31.5 Å². The second-order valence-electron chi connectivity index (χ2n) is 3.43. The molecule has 0 aromatic carbocycles. The van der Waals surface area contributed by atoms with E-state index in [4.69, 9.17) is 5.11 Å². The van der Waals surface area contributed by atoms with Crippen LogP contribution in [0.1, 0.15) is 15.7 Å². The number of carboxylic acid groups (broad SMARTS) is 1. The summed E-state index contributed by atoms with van der Waals surface area (Å²) in [6.45, 7) is 1.85. The summed E-state index contributed by atoms with van der Waals surface area (Å²) in [5, 5.41) is 8.94. The molecule has 0 aliphatic rings.